The predicted octanol–water partition coefficient (Wildman–Crippen LogP) is 5.41. The Hall–Kier alpha value is -3.42. The molecule has 0 unspecified atom stereocenters. The second kappa shape index (κ2) is 10.7. The Morgan fingerprint density at radius 3 is 2.39 bits per heavy atom. The summed E-state index contributed by atoms with van der Waals surface area (Å²) in [6.07, 6.45) is 0.502. The average molecular weight is 494 g/mol. The Bertz CT molecular complexity index is 1110. The molecule has 1 saturated carbocycles. The van der Waals surface area contributed by atoms with Gasteiger partial charge in [0.15, 0.2) is 0 Å². The molecule has 4 rings (SSSR count). The summed E-state index contributed by atoms with van der Waals surface area (Å²) in [6, 6.07) is 14.7. The van der Waals surface area contributed by atoms with Crippen LogP contribution in [0.15, 0.2) is 48.5 Å². The predicted molar refractivity (Wildman–Crippen MR) is 138 cm³/mol. The molecule has 3 atom stereocenters. The minimum Gasteiger partial charge on any atom is -0.447 e. The maximum atomic E-state index is 13.3. The van der Waals surface area contributed by atoms with E-state index in [4.69, 9.17) is 4.74 Å². The van der Waals surface area contributed by atoms with Crippen LogP contribution in [0, 0.1) is 27.9 Å². The zero-order valence-corrected chi connectivity index (χ0v) is 21.4. The third-order valence-electron chi connectivity index (χ3n) is 6.76. The lowest BCUT2D eigenvalue weighted by Gasteiger charge is -2.28. The van der Waals surface area contributed by atoms with Crippen LogP contribution in [0.5, 0.6) is 0 Å². The lowest BCUT2D eigenvalue weighted by atomic mass is 10.0. The maximum Gasteiger partial charge on any atom is 0.416 e. The van der Waals surface area contributed by atoms with Crippen molar-refractivity contribution in [3.05, 3.63) is 69.8 Å². The standard InChI is InChI=1S/C28H35N3O5/c1-18(2)15-29(16-19(3)4)25-11-10-21(13-26(25)31(34)35)23-14-24(23)27(32)30-22(17-36-28(30)33)12-20-8-6-5-7-9-20/h5-11,13,18-19,22-24H,12,14-17H2,1-4H3/t22-,23-,24-/m1/s1. The first-order valence-corrected chi connectivity index (χ1v) is 12.7. The summed E-state index contributed by atoms with van der Waals surface area (Å²) in [6.45, 7) is 10.0. The molecule has 0 N–H and O–H groups in total. The number of carbonyl (C=O) groups excluding carboxylic acids is 2. The molecule has 2 aliphatic rings. The van der Waals surface area contributed by atoms with Gasteiger partial charge >= 0.3 is 6.09 Å². The molecule has 2 amide bonds. The number of cyclic esters (lactones) is 1. The van der Waals surface area contributed by atoms with Crippen LogP contribution in [0.25, 0.3) is 0 Å². The molecule has 0 spiro atoms. The lowest BCUT2D eigenvalue weighted by Crippen LogP contribution is -2.41. The highest BCUT2D eigenvalue weighted by Gasteiger charge is 2.51. The summed E-state index contributed by atoms with van der Waals surface area (Å²) in [5.41, 5.74) is 2.48. The number of nitro groups is 1. The van der Waals surface area contributed by atoms with E-state index in [1.807, 2.05) is 42.5 Å². The highest BCUT2D eigenvalue weighted by atomic mass is 16.6. The average Bonchev–Trinajstić information content (AvgIpc) is 3.55. The highest BCUT2D eigenvalue weighted by molar-refractivity contribution is 5.96. The van der Waals surface area contributed by atoms with E-state index in [1.54, 1.807) is 6.07 Å². The molecule has 1 aliphatic carbocycles. The molecule has 0 bridgehead atoms. The number of imide groups is 1. The van der Waals surface area contributed by atoms with Crippen LogP contribution in [0.1, 0.15) is 51.2 Å². The van der Waals surface area contributed by atoms with Gasteiger partial charge in [0.25, 0.3) is 5.69 Å². The quantitative estimate of drug-likeness (QED) is 0.325. The third kappa shape index (κ3) is 5.69. The number of benzene rings is 2. The smallest absolute Gasteiger partial charge is 0.416 e. The van der Waals surface area contributed by atoms with Crippen molar-refractivity contribution in [1.29, 1.82) is 0 Å². The van der Waals surface area contributed by atoms with E-state index in [9.17, 15) is 19.7 Å². The second-order valence-electron chi connectivity index (χ2n) is 10.8. The van der Waals surface area contributed by atoms with Crippen LogP contribution in [-0.2, 0) is 16.0 Å². The summed E-state index contributed by atoms with van der Waals surface area (Å²) in [5.74, 6) is -0.0482. The van der Waals surface area contributed by atoms with Crippen molar-refractivity contribution in [3.63, 3.8) is 0 Å². The number of nitro benzene ring substituents is 1. The molecule has 8 heteroatoms. The Morgan fingerprint density at radius 1 is 1.11 bits per heavy atom. The highest BCUT2D eigenvalue weighted by Crippen LogP contribution is 2.50. The van der Waals surface area contributed by atoms with E-state index in [1.165, 1.54) is 4.90 Å². The largest absolute Gasteiger partial charge is 0.447 e. The maximum absolute atomic E-state index is 13.3. The molecule has 0 radical (unpaired) electrons. The first-order valence-electron chi connectivity index (χ1n) is 12.7. The molecule has 1 saturated heterocycles. The van der Waals surface area contributed by atoms with Crippen molar-refractivity contribution >= 4 is 23.4 Å². The van der Waals surface area contributed by atoms with Gasteiger partial charge in [-0.05, 0) is 47.8 Å². The van der Waals surface area contributed by atoms with Gasteiger partial charge in [0.05, 0.1) is 11.0 Å². The Morgan fingerprint density at radius 2 is 1.78 bits per heavy atom. The first-order chi connectivity index (χ1) is 17.2. The van der Waals surface area contributed by atoms with Gasteiger partial charge in [-0.1, -0.05) is 64.1 Å². The zero-order valence-electron chi connectivity index (χ0n) is 21.4. The molecule has 2 aromatic rings. The van der Waals surface area contributed by atoms with Crippen LogP contribution in [-0.4, -0.2) is 47.6 Å². The topological polar surface area (TPSA) is 93.0 Å². The van der Waals surface area contributed by atoms with E-state index in [0.717, 1.165) is 24.2 Å². The monoisotopic (exact) mass is 493 g/mol. The third-order valence-corrected chi connectivity index (χ3v) is 6.76. The van der Waals surface area contributed by atoms with Gasteiger partial charge < -0.3 is 9.64 Å². The number of nitrogens with zero attached hydrogens (tertiary/aromatic N) is 3. The first kappa shape index (κ1) is 25.7. The number of ether oxygens (including phenoxy) is 1. The summed E-state index contributed by atoms with van der Waals surface area (Å²) in [4.78, 5) is 40.8. The SMILES string of the molecule is CC(C)CN(CC(C)C)c1ccc([C@H]2C[C@H]2C(=O)N2C(=O)OC[C@H]2Cc2ccccc2)cc1[N+](=O)[O-]. The van der Waals surface area contributed by atoms with Gasteiger partial charge in [-0.25, -0.2) is 9.69 Å². The van der Waals surface area contributed by atoms with E-state index in [2.05, 4.69) is 32.6 Å². The molecule has 2 fully saturated rings. The number of hydrogen-bond donors (Lipinski definition) is 0. The molecule has 0 aromatic heterocycles. The van der Waals surface area contributed by atoms with E-state index in [0.29, 0.717) is 30.4 Å². The van der Waals surface area contributed by atoms with Crippen molar-refractivity contribution in [1.82, 2.24) is 4.90 Å². The molecule has 192 valence electrons. The van der Waals surface area contributed by atoms with Crippen LogP contribution in [0.3, 0.4) is 0 Å². The van der Waals surface area contributed by atoms with Crippen LogP contribution < -0.4 is 4.90 Å². The van der Waals surface area contributed by atoms with Crippen LogP contribution in [0.4, 0.5) is 16.2 Å². The molecular formula is C28H35N3O5. The second-order valence-corrected chi connectivity index (χ2v) is 10.8. The van der Waals surface area contributed by atoms with E-state index < -0.39 is 6.09 Å². The van der Waals surface area contributed by atoms with Crippen LogP contribution >= 0.6 is 0 Å². The van der Waals surface area contributed by atoms with Crippen LogP contribution in [0.2, 0.25) is 0 Å². The summed E-state index contributed by atoms with van der Waals surface area (Å²) < 4.78 is 5.22. The summed E-state index contributed by atoms with van der Waals surface area (Å²) >= 11 is 0. The summed E-state index contributed by atoms with van der Waals surface area (Å²) in [7, 11) is 0. The number of anilines is 1. The van der Waals surface area contributed by atoms with Gasteiger partial charge in [-0.15, -0.1) is 0 Å². The lowest BCUT2D eigenvalue weighted by molar-refractivity contribution is -0.384. The molecule has 2 aromatic carbocycles. The van der Waals surface area contributed by atoms with Crippen molar-refractivity contribution in [2.75, 3.05) is 24.6 Å². The van der Waals surface area contributed by atoms with Crippen molar-refractivity contribution < 1.29 is 19.2 Å². The minimum atomic E-state index is -0.606. The van der Waals surface area contributed by atoms with Crippen molar-refractivity contribution in [2.45, 2.75) is 52.5 Å². The summed E-state index contributed by atoms with van der Waals surface area (Å²) in [5, 5.41) is 12.0. The Labute approximate surface area is 212 Å². The van der Waals surface area contributed by atoms with Crippen molar-refractivity contribution in [3.8, 4) is 0 Å². The molecule has 36 heavy (non-hydrogen) atoms. The number of carbonyl (C=O) groups is 2. The van der Waals surface area contributed by atoms with Gasteiger partial charge in [0.1, 0.15) is 12.3 Å². The Kier molecular flexibility index (Phi) is 7.62. The molecular weight excluding hydrogens is 458 g/mol. The fraction of sp³-hybridized carbons (Fsp3) is 0.500. The molecule has 8 nitrogen and oxygen atoms in total. The van der Waals surface area contributed by atoms with Gasteiger partial charge in [-0.3, -0.25) is 14.9 Å². The van der Waals surface area contributed by atoms with Gasteiger partial charge in [0, 0.05) is 25.1 Å². The van der Waals surface area contributed by atoms with E-state index >= 15 is 0 Å². The Balaban J connectivity index is 1.52. The van der Waals surface area contributed by atoms with E-state index in [-0.39, 0.29) is 41.0 Å². The zero-order chi connectivity index (χ0) is 26.0. The fourth-order valence-corrected chi connectivity index (χ4v) is 5.12. The fourth-order valence-electron chi connectivity index (χ4n) is 5.12. The number of amides is 2. The number of rotatable bonds is 10. The van der Waals surface area contributed by atoms with Crippen molar-refractivity contribution in [2.24, 2.45) is 17.8 Å². The van der Waals surface area contributed by atoms with Gasteiger partial charge in [0.2, 0.25) is 5.91 Å². The van der Waals surface area contributed by atoms with Gasteiger partial charge in [-0.2, -0.15) is 0 Å². The molecule has 1 heterocycles. The minimum absolute atomic E-state index is 0.0643. The molecule has 1 aliphatic heterocycles. The normalized spacial score (nSPS) is 21.1. The number of hydrogen-bond acceptors (Lipinski definition) is 6.